The standard InChI is InChI=1S/C13H22Si/c1-5-7-8-9-10-11-12-13-14(3,4)6-2/h6,10-11H,2,5,7-9H2,1,3-4H3/b11-10+. The topological polar surface area (TPSA) is 0 Å². The molecule has 0 aliphatic heterocycles. The fraction of sp³-hybridized carbons (Fsp3) is 0.538. The van der Waals surface area contributed by atoms with Crippen molar-refractivity contribution in [2.24, 2.45) is 0 Å². The van der Waals surface area contributed by atoms with E-state index >= 15 is 0 Å². The van der Waals surface area contributed by atoms with E-state index in [1.54, 1.807) is 0 Å². The van der Waals surface area contributed by atoms with Crippen LogP contribution in [0.1, 0.15) is 32.6 Å². The van der Waals surface area contributed by atoms with Crippen LogP contribution in [0.4, 0.5) is 0 Å². The van der Waals surface area contributed by atoms with Crippen LogP contribution in [0.15, 0.2) is 24.4 Å². The Morgan fingerprint density at radius 2 is 2.00 bits per heavy atom. The molecule has 0 fully saturated rings. The molecular weight excluding hydrogens is 184 g/mol. The second-order valence-corrected chi connectivity index (χ2v) is 8.19. The van der Waals surface area contributed by atoms with Crippen LogP contribution >= 0.6 is 0 Å². The van der Waals surface area contributed by atoms with E-state index < -0.39 is 8.07 Å². The Morgan fingerprint density at radius 3 is 2.57 bits per heavy atom. The number of hydrogen-bond acceptors (Lipinski definition) is 0. The molecule has 0 heterocycles. The third-order valence-corrected chi connectivity index (χ3v) is 3.89. The first-order chi connectivity index (χ1) is 6.62. The van der Waals surface area contributed by atoms with Gasteiger partial charge >= 0.3 is 0 Å². The minimum absolute atomic E-state index is 1.17. The van der Waals surface area contributed by atoms with Crippen molar-refractivity contribution in [1.29, 1.82) is 0 Å². The summed E-state index contributed by atoms with van der Waals surface area (Å²) in [6.45, 7) is 10.4. The van der Waals surface area contributed by atoms with E-state index in [0.29, 0.717) is 0 Å². The van der Waals surface area contributed by atoms with Gasteiger partial charge in [0, 0.05) is 0 Å². The minimum Gasteiger partial charge on any atom is -0.122 e. The van der Waals surface area contributed by atoms with Crippen LogP contribution in [0, 0.1) is 11.5 Å². The molecule has 0 saturated heterocycles. The molecule has 0 aliphatic rings. The monoisotopic (exact) mass is 206 g/mol. The van der Waals surface area contributed by atoms with Crippen molar-refractivity contribution in [3.8, 4) is 11.5 Å². The number of hydrogen-bond donors (Lipinski definition) is 0. The molecule has 0 saturated carbocycles. The molecule has 0 N–H and O–H groups in total. The molecule has 0 radical (unpaired) electrons. The predicted octanol–water partition coefficient (Wildman–Crippen LogP) is 4.10. The van der Waals surface area contributed by atoms with Gasteiger partial charge < -0.3 is 0 Å². The SMILES string of the molecule is C=C[Si](C)(C)C#C/C=C/CCCCC. The van der Waals surface area contributed by atoms with Crippen molar-refractivity contribution in [2.45, 2.75) is 45.7 Å². The van der Waals surface area contributed by atoms with Crippen molar-refractivity contribution < 1.29 is 0 Å². The van der Waals surface area contributed by atoms with Gasteiger partial charge in [0.2, 0.25) is 0 Å². The van der Waals surface area contributed by atoms with Gasteiger partial charge in [-0.3, -0.25) is 0 Å². The lowest BCUT2D eigenvalue weighted by molar-refractivity contribution is 0.729. The van der Waals surface area contributed by atoms with Gasteiger partial charge in [-0.2, -0.15) is 0 Å². The van der Waals surface area contributed by atoms with Crippen molar-refractivity contribution >= 4 is 8.07 Å². The summed E-state index contributed by atoms with van der Waals surface area (Å²) in [6, 6.07) is 0. The molecule has 0 amide bonds. The Labute approximate surface area is 90.1 Å². The van der Waals surface area contributed by atoms with Crippen LogP contribution in [-0.4, -0.2) is 8.07 Å². The molecule has 0 unspecified atom stereocenters. The maximum absolute atomic E-state index is 3.81. The summed E-state index contributed by atoms with van der Waals surface area (Å²) in [4.78, 5) is 0. The second-order valence-electron chi connectivity index (χ2n) is 4.09. The van der Waals surface area contributed by atoms with Crippen molar-refractivity contribution in [1.82, 2.24) is 0 Å². The molecule has 0 aromatic rings. The van der Waals surface area contributed by atoms with Crippen LogP contribution < -0.4 is 0 Å². The minimum atomic E-state index is -1.40. The van der Waals surface area contributed by atoms with Gasteiger partial charge in [-0.25, -0.2) is 0 Å². The quantitative estimate of drug-likeness (QED) is 0.361. The Balaban J connectivity index is 3.75. The highest BCUT2D eigenvalue weighted by molar-refractivity contribution is 6.89. The van der Waals surface area contributed by atoms with Crippen LogP contribution in [-0.2, 0) is 0 Å². The summed E-state index contributed by atoms with van der Waals surface area (Å²) in [5.74, 6) is 3.11. The maximum Gasteiger partial charge on any atom is 0.155 e. The Kier molecular flexibility index (Phi) is 7.24. The average Bonchev–Trinajstić information content (AvgIpc) is 2.16. The Morgan fingerprint density at radius 1 is 1.29 bits per heavy atom. The fourth-order valence-electron chi connectivity index (χ4n) is 0.933. The lowest BCUT2D eigenvalue weighted by atomic mass is 10.2. The van der Waals surface area contributed by atoms with Gasteiger partial charge in [0.1, 0.15) is 0 Å². The van der Waals surface area contributed by atoms with Gasteiger partial charge in [-0.1, -0.05) is 50.6 Å². The zero-order valence-electron chi connectivity index (χ0n) is 9.77. The molecular formula is C13H22Si. The van der Waals surface area contributed by atoms with E-state index in [0.717, 1.165) is 0 Å². The van der Waals surface area contributed by atoms with Crippen molar-refractivity contribution in [2.75, 3.05) is 0 Å². The van der Waals surface area contributed by atoms with Crippen LogP contribution in [0.2, 0.25) is 13.1 Å². The zero-order chi connectivity index (χ0) is 10.9. The summed E-state index contributed by atoms with van der Waals surface area (Å²) in [5, 5.41) is 0. The summed E-state index contributed by atoms with van der Waals surface area (Å²) in [6.07, 6.45) is 9.24. The third kappa shape index (κ3) is 7.88. The maximum atomic E-state index is 3.81. The number of unbranched alkanes of at least 4 members (excludes halogenated alkanes) is 3. The van der Waals surface area contributed by atoms with Crippen LogP contribution in [0.25, 0.3) is 0 Å². The highest BCUT2D eigenvalue weighted by atomic mass is 28.3. The molecule has 0 aromatic carbocycles. The van der Waals surface area contributed by atoms with E-state index in [2.05, 4.69) is 44.1 Å². The van der Waals surface area contributed by atoms with E-state index in [4.69, 9.17) is 0 Å². The van der Waals surface area contributed by atoms with Crippen LogP contribution in [0.3, 0.4) is 0 Å². The van der Waals surface area contributed by atoms with Crippen molar-refractivity contribution in [3.05, 3.63) is 24.4 Å². The van der Waals surface area contributed by atoms with Gasteiger partial charge in [-0.15, -0.1) is 12.1 Å². The van der Waals surface area contributed by atoms with E-state index in [1.807, 2.05) is 11.8 Å². The Hall–Kier alpha value is -0.743. The van der Waals surface area contributed by atoms with E-state index in [1.165, 1.54) is 25.7 Å². The highest BCUT2D eigenvalue weighted by Crippen LogP contribution is 2.00. The summed E-state index contributed by atoms with van der Waals surface area (Å²) in [7, 11) is -1.40. The lowest BCUT2D eigenvalue weighted by Gasteiger charge is -2.04. The molecule has 1 heteroatoms. The van der Waals surface area contributed by atoms with Gasteiger partial charge in [0.05, 0.1) is 0 Å². The first-order valence-corrected chi connectivity index (χ1v) is 8.51. The molecule has 0 nitrogen and oxygen atoms in total. The second kappa shape index (κ2) is 7.64. The summed E-state index contributed by atoms with van der Waals surface area (Å²) >= 11 is 0. The number of rotatable bonds is 5. The zero-order valence-corrected chi connectivity index (χ0v) is 10.8. The molecule has 0 aliphatic carbocycles. The molecule has 0 atom stereocenters. The summed E-state index contributed by atoms with van der Waals surface area (Å²) in [5.41, 5.74) is 5.30. The molecule has 0 rings (SSSR count). The highest BCUT2D eigenvalue weighted by Gasteiger charge is 2.10. The molecule has 0 spiro atoms. The normalized spacial score (nSPS) is 11.1. The first kappa shape index (κ1) is 13.3. The van der Waals surface area contributed by atoms with E-state index in [9.17, 15) is 0 Å². The van der Waals surface area contributed by atoms with Crippen LogP contribution in [0.5, 0.6) is 0 Å². The molecule has 0 aromatic heterocycles. The van der Waals surface area contributed by atoms with Crippen molar-refractivity contribution in [3.63, 3.8) is 0 Å². The van der Waals surface area contributed by atoms with Gasteiger partial charge in [0.25, 0.3) is 0 Å². The molecule has 14 heavy (non-hydrogen) atoms. The molecule has 0 bridgehead atoms. The van der Waals surface area contributed by atoms with E-state index in [-0.39, 0.29) is 0 Å². The van der Waals surface area contributed by atoms with Gasteiger partial charge in [0.15, 0.2) is 8.07 Å². The molecule has 78 valence electrons. The fourth-order valence-corrected chi connectivity index (χ4v) is 1.49. The average molecular weight is 206 g/mol. The largest absolute Gasteiger partial charge is 0.155 e. The summed E-state index contributed by atoms with van der Waals surface area (Å²) < 4.78 is 0. The predicted molar refractivity (Wildman–Crippen MR) is 68.7 cm³/mol. The Bertz CT molecular complexity index is 238. The number of allylic oxidation sites excluding steroid dienone is 2. The third-order valence-electron chi connectivity index (χ3n) is 2.08. The smallest absolute Gasteiger partial charge is 0.122 e. The first-order valence-electron chi connectivity index (χ1n) is 5.43. The lowest BCUT2D eigenvalue weighted by Crippen LogP contribution is -2.18. The van der Waals surface area contributed by atoms with Gasteiger partial charge in [-0.05, 0) is 18.9 Å².